The summed E-state index contributed by atoms with van der Waals surface area (Å²) in [7, 11) is 1.69. The number of carbonyl (C=O) groups excluding carboxylic acids is 1. The van der Waals surface area contributed by atoms with Gasteiger partial charge in [-0.3, -0.25) is 4.79 Å². The van der Waals surface area contributed by atoms with Gasteiger partial charge in [0.2, 0.25) is 0 Å². The van der Waals surface area contributed by atoms with Crippen LogP contribution >= 0.6 is 23.2 Å². The number of hydrogen-bond donors (Lipinski definition) is 4. The first-order valence-corrected chi connectivity index (χ1v) is 14.8. The van der Waals surface area contributed by atoms with E-state index in [2.05, 4.69) is 27.7 Å². The molecule has 2 aromatic rings. The lowest BCUT2D eigenvalue weighted by Gasteiger charge is -2.25. The fourth-order valence-corrected chi connectivity index (χ4v) is 4.70. The fourth-order valence-electron chi connectivity index (χ4n) is 4.40. The number of halogens is 8. The molecule has 0 bridgehead atoms. The normalized spacial score (nSPS) is 17.0. The van der Waals surface area contributed by atoms with E-state index in [0.29, 0.717) is 15.6 Å². The average molecular weight is 720 g/mol. The van der Waals surface area contributed by atoms with Gasteiger partial charge >= 0.3 is 24.3 Å². The number of ether oxygens (including phenoxy) is 2. The van der Waals surface area contributed by atoms with Crippen LogP contribution in [0.25, 0.3) is 0 Å². The van der Waals surface area contributed by atoms with Crippen molar-refractivity contribution in [3.8, 4) is 11.5 Å². The number of carboxylic acid groups (broad SMARTS) is 2. The zero-order chi connectivity index (χ0) is 35.4. The quantitative estimate of drug-likeness (QED) is 0.263. The third kappa shape index (κ3) is 14.0. The van der Waals surface area contributed by atoms with E-state index in [0.717, 1.165) is 69.9 Å². The Balaban J connectivity index is 0.000000459. The number of alkyl halides is 6. The second-order valence-corrected chi connectivity index (χ2v) is 11.1. The van der Waals surface area contributed by atoms with Crippen LogP contribution in [-0.4, -0.2) is 97.3 Å². The largest absolute Gasteiger partial charge is 0.493 e. The Morgan fingerprint density at radius 3 is 2.04 bits per heavy atom. The van der Waals surface area contributed by atoms with E-state index in [-0.39, 0.29) is 18.1 Å². The van der Waals surface area contributed by atoms with Crippen molar-refractivity contribution in [2.75, 3.05) is 39.8 Å². The van der Waals surface area contributed by atoms with Crippen molar-refractivity contribution >= 4 is 41.0 Å². The topological polar surface area (TPSA) is 137 Å². The minimum atomic E-state index is -5.08. The molecule has 10 nitrogen and oxygen atoms in total. The van der Waals surface area contributed by atoms with E-state index in [4.69, 9.17) is 52.5 Å². The molecule has 2 aliphatic heterocycles. The highest BCUT2D eigenvalue weighted by atomic mass is 35.5. The zero-order valence-electron chi connectivity index (χ0n) is 24.9. The van der Waals surface area contributed by atoms with Gasteiger partial charge in [0.05, 0.1) is 17.2 Å². The number of piperidine rings is 1. The van der Waals surface area contributed by atoms with Gasteiger partial charge in [0, 0.05) is 31.2 Å². The average Bonchev–Trinajstić information content (AvgIpc) is 3.45. The Hall–Kier alpha value is -3.47. The second kappa shape index (κ2) is 18.2. The second-order valence-electron chi connectivity index (χ2n) is 10.3. The number of rotatable bonds is 8. The lowest BCUT2D eigenvalue weighted by atomic mass is 10.1. The van der Waals surface area contributed by atoms with Gasteiger partial charge in [0.1, 0.15) is 6.10 Å². The highest BCUT2D eigenvalue weighted by molar-refractivity contribution is 6.42. The Morgan fingerprint density at radius 2 is 1.51 bits per heavy atom. The van der Waals surface area contributed by atoms with Crippen LogP contribution in [0.5, 0.6) is 11.5 Å². The molecule has 2 aromatic carbocycles. The number of carboxylic acids is 2. The smallest absolute Gasteiger partial charge is 0.490 e. The van der Waals surface area contributed by atoms with Gasteiger partial charge in [-0.05, 0) is 74.7 Å². The van der Waals surface area contributed by atoms with Crippen LogP contribution in [0.1, 0.15) is 35.2 Å². The minimum Gasteiger partial charge on any atom is -0.493 e. The maximum absolute atomic E-state index is 12.5. The minimum absolute atomic E-state index is 0.116. The summed E-state index contributed by atoms with van der Waals surface area (Å²) in [5.74, 6) is -4.02. The van der Waals surface area contributed by atoms with Crippen molar-refractivity contribution in [2.45, 2.75) is 50.2 Å². The van der Waals surface area contributed by atoms with E-state index >= 15 is 0 Å². The molecule has 2 saturated heterocycles. The lowest BCUT2D eigenvalue weighted by Crippen LogP contribution is -2.37. The maximum Gasteiger partial charge on any atom is 0.490 e. The Labute approximate surface area is 275 Å². The van der Waals surface area contributed by atoms with Crippen LogP contribution in [0.15, 0.2) is 36.4 Å². The molecular formula is C29H33Cl2F6N3O7. The number of hydrogen-bond acceptors (Lipinski definition) is 7. The molecule has 1 atom stereocenters. The molecule has 47 heavy (non-hydrogen) atoms. The molecule has 0 unspecified atom stereocenters. The summed E-state index contributed by atoms with van der Waals surface area (Å²) in [4.78, 5) is 32.7. The molecule has 2 heterocycles. The van der Waals surface area contributed by atoms with Gasteiger partial charge in [-0.25, -0.2) is 9.59 Å². The zero-order valence-corrected chi connectivity index (χ0v) is 26.4. The summed E-state index contributed by atoms with van der Waals surface area (Å²) in [6.45, 7) is 4.71. The van der Waals surface area contributed by atoms with Crippen LogP contribution in [-0.2, 0) is 16.0 Å². The van der Waals surface area contributed by atoms with E-state index in [1.54, 1.807) is 25.3 Å². The Morgan fingerprint density at radius 1 is 0.915 bits per heavy atom. The molecule has 1 amide bonds. The van der Waals surface area contributed by atoms with Crippen LogP contribution < -0.4 is 20.1 Å². The molecule has 4 N–H and O–H groups in total. The molecule has 0 aliphatic carbocycles. The molecule has 0 spiro atoms. The van der Waals surface area contributed by atoms with Crippen molar-refractivity contribution < 1.29 is 60.4 Å². The molecule has 0 radical (unpaired) electrons. The number of nitrogens with zero attached hydrogens (tertiary/aromatic N) is 1. The number of methoxy groups -OCH3 is 1. The molecule has 4 rings (SSSR count). The van der Waals surface area contributed by atoms with Crippen molar-refractivity contribution in [3.05, 3.63) is 57.6 Å². The molecule has 0 saturated carbocycles. The first-order valence-electron chi connectivity index (χ1n) is 14.0. The molecule has 262 valence electrons. The first kappa shape index (κ1) is 39.7. The fraction of sp³-hybridized carbons (Fsp3) is 0.483. The van der Waals surface area contributed by atoms with Crippen molar-refractivity contribution in [1.29, 1.82) is 0 Å². The summed E-state index contributed by atoms with van der Waals surface area (Å²) in [5.41, 5.74) is 1.74. The van der Waals surface area contributed by atoms with Gasteiger partial charge in [-0.15, -0.1) is 0 Å². The van der Waals surface area contributed by atoms with Gasteiger partial charge in [-0.2, -0.15) is 26.3 Å². The number of amides is 1. The number of likely N-dealkylation sites (tertiary alicyclic amines) is 1. The predicted octanol–water partition coefficient (Wildman–Crippen LogP) is 5.45. The van der Waals surface area contributed by atoms with Gasteiger partial charge in [0.15, 0.2) is 11.5 Å². The van der Waals surface area contributed by atoms with Crippen LogP contribution in [0, 0.1) is 0 Å². The molecule has 2 aliphatic rings. The summed E-state index contributed by atoms with van der Waals surface area (Å²) < 4.78 is 75.3. The van der Waals surface area contributed by atoms with Gasteiger partial charge in [-0.1, -0.05) is 29.3 Å². The van der Waals surface area contributed by atoms with E-state index in [9.17, 15) is 31.1 Å². The van der Waals surface area contributed by atoms with Crippen LogP contribution in [0.3, 0.4) is 0 Å². The predicted molar refractivity (Wildman–Crippen MR) is 159 cm³/mol. The Bertz CT molecular complexity index is 1330. The van der Waals surface area contributed by atoms with E-state index in [1.807, 2.05) is 6.07 Å². The summed E-state index contributed by atoms with van der Waals surface area (Å²) in [6.07, 6.45) is -6.05. The standard InChI is InChI=1S/C25H31Cl2N3O3.2C2HF3O2/c1-32-24-14-17(2-5-23(24)33-20-6-10-28-11-7-20)8-12-30-13-9-19(16-30)29-25(31)18-3-4-21(26)22(27)15-18;2*3-2(4,5)1(6)7/h2-5,14-15,19-20,28H,6-13,16H2,1H3,(H,29,31);2*(H,6,7)/t19-;;/m0../s1. The number of nitrogens with one attached hydrogen (secondary N) is 2. The number of carbonyl (C=O) groups is 3. The number of benzene rings is 2. The third-order valence-corrected chi connectivity index (χ3v) is 7.54. The SMILES string of the molecule is COc1cc(CCN2CC[C@H](NC(=O)c3ccc(Cl)c(Cl)c3)C2)ccc1OC1CCNCC1.O=C(O)C(F)(F)F.O=C(O)C(F)(F)F. The van der Waals surface area contributed by atoms with Crippen LogP contribution in [0.4, 0.5) is 26.3 Å². The summed E-state index contributed by atoms with van der Waals surface area (Å²) in [5, 5.41) is 21.6. The highest BCUT2D eigenvalue weighted by Crippen LogP contribution is 2.30. The van der Waals surface area contributed by atoms with E-state index in [1.165, 1.54) is 5.56 Å². The summed E-state index contributed by atoms with van der Waals surface area (Å²) >= 11 is 12.0. The monoisotopic (exact) mass is 719 g/mol. The van der Waals surface area contributed by atoms with E-state index < -0.39 is 24.3 Å². The Kier molecular flexibility index (Phi) is 15.4. The first-order chi connectivity index (χ1) is 21.9. The molecule has 2 fully saturated rings. The van der Waals surface area contributed by atoms with Crippen molar-refractivity contribution in [1.82, 2.24) is 15.5 Å². The summed E-state index contributed by atoms with van der Waals surface area (Å²) in [6, 6.07) is 11.3. The van der Waals surface area contributed by atoms with Gasteiger partial charge in [0.25, 0.3) is 5.91 Å². The molecule has 18 heteroatoms. The lowest BCUT2D eigenvalue weighted by molar-refractivity contribution is -0.193. The molecular weight excluding hydrogens is 687 g/mol. The van der Waals surface area contributed by atoms with Crippen LogP contribution in [0.2, 0.25) is 10.0 Å². The highest BCUT2D eigenvalue weighted by Gasteiger charge is 2.39. The van der Waals surface area contributed by atoms with Crippen molar-refractivity contribution in [3.63, 3.8) is 0 Å². The van der Waals surface area contributed by atoms with Gasteiger partial charge < -0.3 is 35.2 Å². The third-order valence-electron chi connectivity index (χ3n) is 6.80. The maximum atomic E-state index is 12.5. The molecule has 0 aromatic heterocycles. The number of aliphatic carboxylic acids is 2. The van der Waals surface area contributed by atoms with Crippen molar-refractivity contribution in [2.24, 2.45) is 0 Å².